The average Bonchev–Trinajstić information content (AvgIpc) is 2.82. The molecule has 4 nitrogen and oxygen atoms in total. The molecule has 1 heterocycles. The van der Waals surface area contributed by atoms with E-state index in [-0.39, 0.29) is 12.0 Å². The van der Waals surface area contributed by atoms with Crippen molar-refractivity contribution in [3.63, 3.8) is 0 Å². The quantitative estimate of drug-likeness (QED) is 0.765. The van der Waals surface area contributed by atoms with Crippen LogP contribution in [-0.4, -0.2) is 25.3 Å². The third-order valence-electron chi connectivity index (χ3n) is 4.10. The Morgan fingerprint density at radius 2 is 1.87 bits per heavy atom. The third kappa shape index (κ3) is 2.74. The number of hydrogen-bond donors (Lipinski definition) is 0. The van der Waals surface area contributed by atoms with Crippen LogP contribution in [0, 0.1) is 0 Å². The number of rotatable bonds is 1. The Bertz CT molecular complexity index is 761. The topological polar surface area (TPSA) is 38.8 Å². The molecule has 0 aliphatic carbocycles. The maximum absolute atomic E-state index is 12.6. The molecule has 2 aromatic rings. The van der Waals surface area contributed by atoms with Crippen LogP contribution in [0.2, 0.25) is 0 Å². The van der Waals surface area contributed by atoms with Crippen molar-refractivity contribution < 1.29 is 14.3 Å². The molecule has 122 valence electrons. The van der Waals surface area contributed by atoms with Gasteiger partial charge in [0.25, 0.3) is 0 Å². The Morgan fingerprint density at radius 1 is 1.22 bits per heavy atom. The second-order valence-electron chi connectivity index (χ2n) is 7.05. The summed E-state index contributed by atoms with van der Waals surface area (Å²) in [5.41, 5.74) is 1.57. The molecule has 1 atom stereocenters. The van der Waals surface area contributed by atoms with Crippen LogP contribution >= 0.6 is 0 Å². The number of hydrogen-bond acceptors (Lipinski definition) is 3. The van der Waals surface area contributed by atoms with Crippen LogP contribution in [0.3, 0.4) is 0 Å². The summed E-state index contributed by atoms with van der Waals surface area (Å²) in [6.07, 6.45) is -0.305. The fourth-order valence-corrected chi connectivity index (χ4v) is 3.21. The maximum Gasteiger partial charge on any atom is 0.414 e. The average molecular weight is 313 g/mol. The van der Waals surface area contributed by atoms with E-state index in [1.54, 1.807) is 12.0 Å². The highest BCUT2D eigenvalue weighted by molar-refractivity contribution is 6.01. The van der Waals surface area contributed by atoms with Crippen molar-refractivity contribution >= 4 is 22.6 Å². The van der Waals surface area contributed by atoms with Gasteiger partial charge in [-0.3, -0.25) is 4.90 Å². The lowest BCUT2D eigenvalue weighted by Gasteiger charge is -2.25. The van der Waals surface area contributed by atoms with E-state index in [9.17, 15) is 4.79 Å². The van der Waals surface area contributed by atoms with E-state index in [0.29, 0.717) is 6.54 Å². The van der Waals surface area contributed by atoms with Gasteiger partial charge in [0.15, 0.2) is 0 Å². The van der Waals surface area contributed by atoms with E-state index >= 15 is 0 Å². The number of ether oxygens (including phenoxy) is 2. The van der Waals surface area contributed by atoms with Gasteiger partial charge in [-0.15, -0.1) is 0 Å². The molecule has 1 aliphatic rings. The molecule has 0 bridgehead atoms. The number of carbonyl (C=O) groups is 1. The Labute approximate surface area is 137 Å². The van der Waals surface area contributed by atoms with Gasteiger partial charge in [-0.05, 0) is 31.7 Å². The number of carbonyl (C=O) groups excluding carboxylic acids is 1. The largest absolute Gasteiger partial charge is 0.496 e. The molecule has 0 fully saturated rings. The van der Waals surface area contributed by atoms with E-state index in [1.165, 1.54) is 5.56 Å². The molecular formula is C19H23NO3. The summed E-state index contributed by atoms with van der Waals surface area (Å²) >= 11 is 0. The predicted molar refractivity (Wildman–Crippen MR) is 92.5 cm³/mol. The summed E-state index contributed by atoms with van der Waals surface area (Å²) in [4.78, 5) is 14.3. The van der Waals surface area contributed by atoms with Gasteiger partial charge in [0, 0.05) is 23.9 Å². The van der Waals surface area contributed by atoms with Gasteiger partial charge in [-0.25, -0.2) is 4.79 Å². The van der Waals surface area contributed by atoms with Crippen LogP contribution in [0.1, 0.15) is 39.2 Å². The fraction of sp³-hybridized carbons (Fsp3) is 0.421. The molecule has 0 spiro atoms. The zero-order valence-corrected chi connectivity index (χ0v) is 14.3. The van der Waals surface area contributed by atoms with Gasteiger partial charge in [-0.2, -0.15) is 0 Å². The lowest BCUT2D eigenvalue weighted by molar-refractivity contribution is 0.0582. The van der Waals surface area contributed by atoms with Gasteiger partial charge in [0.1, 0.15) is 11.4 Å². The summed E-state index contributed by atoms with van der Waals surface area (Å²) in [6, 6.07) is 10.1. The van der Waals surface area contributed by atoms with E-state index in [0.717, 1.165) is 22.2 Å². The summed E-state index contributed by atoms with van der Waals surface area (Å²) in [5, 5.41) is 2.21. The summed E-state index contributed by atoms with van der Waals surface area (Å²) in [6.45, 7) is 8.41. The molecule has 3 rings (SSSR count). The highest BCUT2D eigenvalue weighted by atomic mass is 16.6. The number of nitrogens with zero attached hydrogens (tertiary/aromatic N) is 1. The second-order valence-corrected chi connectivity index (χ2v) is 7.05. The zero-order valence-electron chi connectivity index (χ0n) is 14.3. The molecule has 0 radical (unpaired) electrons. The van der Waals surface area contributed by atoms with E-state index < -0.39 is 5.60 Å². The molecule has 23 heavy (non-hydrogen) atoms. The molecule has 4 heteroatoms. The second kappa shape index (κ2) is 5.44. The van der Waals surface area contributed by atoms with Crippen LogP contribution in [-0.2, 0) is 4.74 Å². The Hall–Kier alpha value is -2.23. The van der Waals surface area contributed by atoms with Gasteiger partial charge in [-0.1, -0.05) is 31.2 Å². The number of anilines is 1. The molecule has 2 aromatic carbocycles. The number of methoxy groups -OCH3 is 1. The van der Waals surface area contributed by atoms with Crippen LogP contribution in [0.25, 0.3) is 10.8 Å². The Kier molecular flexibility index (Phi) is 3.71. The standard InChI is InChI=1S/C19H23NO3/c1-12-11-20(18(21)23-19(2,3)4)15-10-16(22-5)13-8-6-7-9-14(13)17(12)15/h6-10,12H,11H2,1-5H3. The van der Waals surface area contributed by atoms with Crippen LogP contribution in [0.4, 0.5) is 10.5 Å². The minimum atomic E-state index is -0.510. The SMILES string of the molecule is COc1cc2c(c3ccccc13)C(C)CN2C(=O)OC(C)(C)C. The monoisotopic (exact) mass is 313 g/mol. The first-order valence-electron chi connectivity index (χ1n) is 7.92. The number of benzene rings is 2. The molecule has 0 aromatic heterocycles. The first-order valence-corrected chi connectivity index (χ1v) is 7.92. The van der Waals surface area contributed by atoms with Crippen LogP contribution in [0.15, 0.2) is 30.3 Å². The summed E-state index contributed by atoms with van der Waals surface area (Å²) < 4.78 is 11.1. The highest BCUT2D eigenvalue weighted by Gasteiger charge is 2.34. The van der Waals surface area contributed by atoms with Gasteiger partial charge < -0.3 is 9.47 Å². The lowest BCUT2D eigenvalue weighted by Crippen LogP contribution is -2.36. The van der Waals surface area contributed by atoms with Gasteiger partial charge >= 0.3 is 6.09 Å². The van der Waals surface area contributed by atoms with E-state index in [2.05, 4.69) is 19.1 Å². The highest BCUT2D eigenvalue weighted by Crippen LogP contribution is 2.45. The van der Waals surface area contributed by atoms with Crippen molar-refractivity contribution in [3.8, 4) is 5.75 Å². The van der Waals surface area contributed by atoms with Crippen LogP contribution < -0.4 is 9.64 Å². The molecule has 0 saturated heterocycles. The molecule has 1 unspecified atom stereocenters. The molecule has 0 saturated carbocycles. The summed E-state index contributed by atoms with van der Waals surface area (Å²) in [7, 11) is 1.66. The third-order valence-corrected chi connectivity index (χ3v) is 4.10. The maximum atomic E-state index is 12.6. The zero-order chi connectivity index (χ0) is 16.8. The number of amides is 1. The lowest BCUT2D eigenvalue weighted by atomic mass is 9.95. The van der Waals surface area contributed by atoms with Crippen LogP contribution in [0.5, 0.6) is 5.75 Å². The summed E-state index contributed by atoms with van der Waals surface area (Å²) in [5.74, 6) is 1.04. The minimum absolute atomic E-state index is 0.258. The number of fused-ring (bicyclic) bond motifs is 3. The van der Waals surface area contributed by atoms with Crippen molar-refractivity contribution in [1.82, 2.24) is 0 Å². The predicted octanol–water partition coefficient (Wildman–Crippen LogP) is 4.71. The van der Waals surface area contributed by atoms with Gasteiger partial charge in [0.2, 0.25) is 0 Å². The molecule has 0 N–H and O–H groups in total. The van der Waals surface area contributed by atoms with Crippen molar-refractivity contribution in [2.75, 3.05) is 18.6 Å². The normalized spacial score (nSPS) is 17.3. The van der Waals surface area contributed by atoms with Crippen molar-refractivity contribution in [2.45, 2.75) is 39.2 Å². The fourth-order valence-electron chi connectivity index (χ4n) is 3.21. The molecular weight excluding hydrogens is 290 g/mol. The Balaban J connectivity index is 2.13. The molecule has 1 aliphatic heterocycles. The van der Waals surface area contributed by atoms with Gasteiger partial charge in [0.05, 0.1) is 12.8 Å². The first-order chi connectivity index (χ1) is 10.8. The smallest absolute Gasteiger partial charge is 0.414 e. The molecule has 1 amide bonds. The minimum Gasteiger partial charge on any atom is -0.496 e. The first kappa shape index (κ1) is 15.7. The van der Waals surface area contributed by atoms with Crippen molar-refractivity contribution in [3.05, 3.63) is 35.9 Å². The van der Waals surface area contributed by atoms with Crippen molar-refractivity contribution in [1.29, 1.82) is 0 Å². The van der Waals surface area contributed by atoms with E-state index in [4.69, 9.17) is 9.47 Å². The Morgan fingerprint density at radius 3 is 2.48 bits per heavy atom. The van der Waals surface area contributed by atoms with Crippen molar-refractivity contribution in [2.24, 2.45) is 0 Å². The van der Waals surface area contributed by atoms with E-state index in [1.807, 2.05) is 39.0 Å².